The standard InChI is InChI=1S/C14H16O3/c1-10(2)9-11-3-5-12(6-4-11)13(15)7-8-14(16)17/h3-8,10H,9H2,1-2H3,(H,16,17). The summed E-state index contributed by atoms with van der Waals surface area (Å²) in [6.45, 7) is 4.27. The molecular weight excluding hydrogens is 216 g/mol. The fourth-order valence-corrected chi connectivity index (χ4v) is 1.52. The SMILES string of the molecule is CC(C)Cc1ccc(C(=O)C=CC(=O)O)cc1. The molecule has 0 bridgehead atoms. The maximum atomic E-state index is 11.5. The number of hydrogen-bond donors (Lipinski definition) is 1. The lowest BCUT2D eigenvalue weighted by Crippen LogP contribution is -1.98. The molecule has 1 aromatic carbocycles. The van der Waals surface area contributed by atoms with Gasteiger partial charge in [-0.1, -0.05) is 38.1 Å². The molecular formula is C14H16O3. The molecule has 3 heteroatoms. The van der Waals surface area contributed by atoms with Gasteiger partial charge in [-0.3, -0.25) is 4.79 Å². The van der Waals surface area contributed by atoms with Gasteiger partial charge >= 0.3 is 5.97 Å². The zero-order chi connectivity index (χ0) is 12.8. The summed E-state index contributed by atoms with van der Waals surface area (Å²) in [7, 11) is 0. The molecule has 0 aromatic heterocycles. The fraction of sp³-hybridized carbons (Fsp3) is 0.286. The molecule has 0 atom stereocenters. The van der Waals surface area contributed by atoms with Crippen LogP contribution in [0.15, 0.2) is 36.4 Å². The van der Waals surface area contributed by atoms with E-state index in [0.717, 1.165) is 18.6 Å². The molecule has 1 N–H and O–H groups in total. The Hall–Kier alpha value is -1.90. The van der Waals surface area contributed by atoms with Gasteiger partial charge in [0.2, 0.25) is 0 Å². The summed E-state index contributed by atoms with van der Waals surface area (Å²) < 4.78 is 0. The molecule has 0 amide bonds. The van der Waals surface area contributed by atoms with Gasteiger partial charge in [0, 0.05) is 11.6 Å². The van der Waals surface area contributed by atoms with Crippen LogP contribution in [0.4, 0.5) is 0 Å². The van der Waals surface area contributed by atoms with Gasteiger partial charge in [-0.05, 0) is 24.0 Å². The van der Waals surface area contributed by atoms with Gasteiger partial charge in [0.1, 0.15) is 0 Å². The maximum Gasteiger partial charge on any atom is 0.328 e. The highest BCUT2D eigenvalue weighted by molar-refractivity contribution is 6.06. The van der Waals surface area contributed by atoms with Crippen molar-refractivity contribution in [3.63, 3.8) is 0 Å². The van der Waals surface area contributed by atoms with Gasteiger partial charge in [-0.25, -0.2) is 4.79 Å². The molecule has 0 fully saturated rings. The smallest absolute Gasteiger partial charge is 0.328 e. The predicted molar refractivity (Wildman–Crippen MR) is 66.1 cm³/mol. The third-order valence-electron chi connectivity index (χ3n) is 2.26. The van der Waals surface area contributed by atoms with Crippen LogP contribution in [0, 0.1) is 5.92 Å². The van der Waals surface area contributed by atoms with Crippen LogP contribution in [0.5, 0.6) is 0 Å². The van der Waals surface area contributed by atoms with Crippen molar-refractivity contribution >= 4 is 11.8 Å². The first-order valence-corrected chi connectivity index (χ1v) is 5.53. The number of hydrogen-bond acceptors (Lipinski definition) is 2. The fourth-order valence-electron chi connectivity index (χ4n) is 1.52. The number of aliphatic carboxylic acids is 1. The minimum absolute atomic E-state index is 0.288. The minimum atomic E-state index is -1.12. The molecule has 0 unspecified atom stereocenters. The molecule has 0 aliphatic heterocycles. The van der Waals surface area contributed by atoms with E-state index in [4.69, 9.17) is 5.11 Å². The Morgan fingerprint density at radius 3 is 2.24 bits per heavy atom. The summed E-state index contributed by atoms with van der Waals surface area (Å²) in [5.74, 6) is -0.832. The van der Waals surface area contributed by atoms with E-state index in [1.165, 1.54) is 5.56 Å². The number of rotatable bonds is 5. The molecule has 0 saturated heterocycles. The van der Waals surface area contributed by atoms with E-state index in [-0.39, 0.29) is 5.78 Å². The zero-order valence-electron chi connectivity index (χ0n) is 10.0. The molecule has 3 nitrogen and oxygen atoms in total. The lowest BCUT2D eigenvalue weighted by Gasteiger charge is -2.04. The van der Waals surface area contributed by atoms with Gasteiger partial charge in [0.05, 0.1) is 0 Å². The molecule has 17 heavy (non-hydrogen) atoms. The molecule has 0 saturated carbocycles. The molecule has 1 rings (SSSR count). The number of benzene rings is 1. The predicted octanol–water partition coefficient (Wildman–Crippen LogP) is 2.71. The number of ketones is 1. The Morgan fingerprint density at radius 1 is 1.18 bits per heavy atom. The van der Waals surface area contributed by atoms with E-state index in [0.29, 0.717) is 11.5 Å². The van der Waals surface area contributed by atoms with E-state index in [1.807, 2.05) is 12.1 Å². The summed E-state index contributed by atoms with van der Waals surface area (Å²) in [6.07, 6.45) is 2.89. The lowest BCUT2D eigenvalue weighted by molar-refractivity contribution is -0.131. The van der Waals surface area contributed by atoms with Crippen molar-refractivity contribution in [3.8, 4) is 0 Å². The van der Waals surface area contributed by atoms with Crippen LogP contribution < -0.4 is 0 Å². The molecule has 0 aliphatic carbocycles. The number of carbonyl (C=O) groups excluding carboxylic acids is 1. The second-order valence-corrected chi connectivity index (χ2v) is 4.33. The number of carboxylic acid groups (broad SMARTS) is 1. The van der Waals surface area contributed by atoms with Crippen LogP contribution >= 0.6 is 0 Å². The first-order chi connectivity index (χ1) is 7.99. The van der Waals surface area contributed by atoms with E-state index in [1.54, 1.807) is 12.1 Å². The Balaban J connectivity index is 2.73. The van der Waals surface area contributed by atoms with Crippen molar-refractivity contribution in [2.45, 2.75) is 20.3 Å². The zero-order valence-corrected chi connectivity index (χ0v) is 10.0. The number of carbonyl (C=O) groups is 2. The molecule has 0 aliphatic rings. The van der Waals surface area contributed by atoms with Crippen LogP contribution in [0.3, 0.4) is 0 Å². The summed E-state index contributed by atoms with van der Waals surface area (Å²) in [5, 5.41) is 8.41. The van der Waals surface area contributed by atoms with Crippen molar-refractivity contribution in [2.75, 3.05) is 0 Å². The Bertz CT molecular complexity index is 427. The third kappa shape index (κ3) is 4.64. The molecule has 90 valence electrons. The van der Waals surface area contributed by atoms with Crippen LogP contribution in [0.2, 0.25) is 0 Å². The van der Waals surface area contributed by atoms with Crippen LogP contribution in [0.25, 0.3) is 0 Å². The maximum absolute atomic E-state index is 11.5. The summed E-state index contributed by atoms with van der Waals surface area (Å²) >= 11 is 0. The Labute approximate surface area is 101 Å². The Kier molecular flexibility index (Phi) is 4.64. The van der Waals surface area contributed by atoms with Crippen LogP contribution in [0.1, 0.15) is 29.8 Å². The Morgan fingerprint density at radius 2 is 1.76 bits per heavy atom. The van der Waals surface area contributed by atoms with Gasteiger partial charge in [-0.2, -0.15) is 0 Å². The highest BCUT2D eigenvalue weighted by Gasteiger charge is 2.03. The monoisotopic (exact) mass is 232 g/mol. The number of allylic oxidation sites excluding steroid dienone is 1. The van der Waals surface area contributed by atoms with Gasteiger partial charge in [0.15, 0.2) is 5.78 Å². The minimum Gasteiger partial charge on any atom is -0.478 e. The highest BCUT2D eigenvalue weighted by atomic mass is 16.4. The highest BCUT2D eigenvalue weighted by Crippen LogP contribution is 2.10. The van der Waals surface area contributed by atoms with Crippen molar-refractivity contribution in [1.29, 1.82) is 0 Å². The lowest BCUT2D eigenvalue weighted by atomic mass is 10.0. The van der Waals surface area contributed by atoms with Crippen molar-refractivity contribution in [3.05, 3.63) is 47.5 Å². The third-order valence-corrected chi connectivity index (χ3v) is 2.26. The topological polar surface area (TPSA) is 54.4 Å². The van der Waals surface area contributed by atoms with Gasteiger partial charge in [-0.15, -0.1) is 0 Å². The first-order valence-electron chi connectivity index (χ1n) is 5.53. The average molecular weight is 232 g/mol. The molecule has 1 aromatic rings. The molecule has 0 heterocycles. The van der Waals surface area contributed by atoms with Gasteiger partial charge < -0.3 is 5.11 Å². The average Bonchev–Trinajstić information content (AvgIpc) is 2.26. The summed E-state index contributed by atoms with van der Waals surface area (Å²) in [6, 6.07) is 7.27. The number of carboxylic acids is 1. The van der Waals surface area contributed by atoms with Crippen molar-refractivity contribution in [1.82, 2.24) is 0 Å². The van der Waals surface area contributed by atoms with E-state index >= 15 is 0 Å². The summed E-state index contributed by atoms with van der Waals surface area (Å²) in [4.78, 5) is 21.8. The first kappa shape index (κ1) is 13.2. The second-order valence-electron chi connectivity index (χ2n) is 4.33. The normalized spacial score (nSPS) is 11.0. The second kappa shape index (κ2) is 5.99. The van der Waals surface area contributed by atoms with E-state index < -0.39 is 5.97 Å². The van der Waals surface area contributed by atoms with Crippen LogP contribution in [-0.2, 0) is 11.2 Å². The van der Waals surface area contributed by atoms with Crippen molar-refractivity contribution < 1.29 is 14.7 Å². The van der Waals surface area contributed by atoms with E-state index in [2.05, 4.69) is 13.8 Å². The molecule has 0 radical (unpaired) electrons. The largest absolute Gasteiger partial charge is 0.478 e. The van der Waals surface area contributed by atoms with Crippen LogP contribution in [-0.4, -0.2) is 16.9 Å². The molecule has 0 spiro atoms. The van der Waals surface area contributed by atoms with Gasteiger partial charge in [0.25, 0.3) is 0 Å². The quantitative estimate of drug-likeness (QED) is 0.627. The van der Waals surface area contributed by atoms with Crippen molar-refractivity contribution in [2.24, 2.45) is 5.92 Å². The van der Waals surface area contributed by atoms with E-state index in [9.17, 15) is 9.59 Å². The summed E-state index contributed by atoms with van der Waals surface area (Å²) in [5.41, 5.74) is 1.69.